The fraction of sp³-hybridized carbons (Fsp3) is 0.400. The molecule has 1 aliphatic heterocycles. The van der Waals surface area contributed by atoms with Crippen LogP contribution in [0, 0.1) is 0 Å². The molecule has 0 spiro atoms. The number of aromatic nitrogens is 2. The molecule has 0 bridgehead atoms. The standard InChI is InChI=1S/C15H20N4.ClH/c16-14-6-10-18(11-7-14)12-13-2-4-15(5-3-13)19-9-1-8-17-19;/h1-5,8-9,14H,6-7,10-12,16H2;1H. The maximum absolute atomic E-state index is 5.93. The number of halogens is 1. The first-order valence-electron chi connectivity index (χ1n) is 6.88. The van der Waals surface area contributed by atoms with E-state index in [0.29, 0.717) is 6.04 Å². The molecule has 2 N–H and O–H groups in total. The van der Waals surface area contributed by atoms with Crippen LogP contribution in [0.2, 0.25) is 0 Å². The van der Waals surface area contributed by atoms with Crippen molar-refractivity contribution in [3.63, 3.8) is 0 Å². The summed E-state index contributed by atoms with van der Waals surface area (Å²) in [5.41, 5.74) is 8.39. The Labute approximate surface area is 126 Å². The van der Waals surface area contributed by atoms with Crippen LogP contribution in [0.1, 0.15) is 18.4 Å². The van der Waals surface area contributed by atoms with Crippen molar-refractivity contribution in [2.24, 2.45) is 5.73 Å². The number of hydrogen-bond acceptors (Lipinski definition) is 3. The zero-order valence-corrected chi connectivity index (χ0v) is 12.3. The number of nitrogens with two attached hydrogens (primary N) is 1. The van der Waals surface area contributed by atoms with Gasteiger partial charge < -0.3 is 5.73 Å². The number of benzene rings is 1. The molecule has 108 valence electrons. The van der Waals surface area contributed by atoms with Crippen molar-refractivity contribution in [2.75, 3.05) is 13.1 Å². The zero-order valence-electron chi connectivity index (χ0n) is 11.5. The van der Waals surface area contributed by atoms with Gasteiger partial charge in [-0.3, -0.25) is 4.90 Å². The van der Waals surface area contributed by atoms with Crippen molar-refractivity contribution in [1.29, 1.82) is 0 Å². The molecule has 1 aliphatic rings. The van der Waals surface area contributed by atoms with E-state index in [0.717, 1.165) is 38.2 Å². The summed E-state index contributed by atoms with van der Waals surface area (Å²) in [6.45, 7) is 3.25. The topological polar surface area (TPSA) is 47.1 Å². The largest absolute Gasteiger partial charge is 0.328 e. The van der Waals surface area contributed by atoms with E-state index < -0.39 is 0 Å². The fourth-order valence-electron chi connectivity index (χ4n) is 2.54. The van der Waals surface area contributed by atoms with Gasteiger partial charge >= 0.3 is 0 Å². The summed E-state index contributed by atoms with van der Waals surface area (Å²) < 4.78 is 1.88. The van der Waals surface area contributed by atoms with E-state index in [1.54, 1.807) is 6.20 Å². The minimum atomic E-state index is 0. The normalized spacial score (nSPS) is 16.9. The van der Waals surface area contributed by atoms with Gasteiger partial charge in [0.05, 0.1) is 5.69 Å². The third-order valence-corrected chi connectivity index (χ3v) is 3.74. The number of likely N-dealkylation sites (tertiary alicyclic amines) is 1. The van der Waals surface area contributed by atoms with Crippen LogP contribution in [0.5, 0.6) is 0 Å². The van der Waals surface area contributed by atoms with Crippen LogP contribution in [0.25, 0.3) is 5.69 Å². The summed E-state index contributed by atoms with van der Waals surface area (Å²) in [4.78, 5) is 2.48. The molecule has 0 atom stereocenters. The molecular weight excluding hydrogens is 272 g/mol. The van der Waals surface area contributed by atoms with E-state index in [9.17, 15) is 0 Å². The number of nitrogens with zero attached hydrogens (tertiary/aromatic N) is 3. The Morgan fingerprint density at radius 2 is 1.85 bits per heavy atom. The van der Waals surface area contributed by atoms with Gasteiger partial charge in [-0.05, 0) is 49.7 Å². The molecule has 2 heterocycles. The van der Waals surface area contributed by atoms with Crippen LogP contribution in [-0.4, -0.2) is 33.8 Å². The lowest BCUT2D eigenvalue weighted by Gasteiger charge is -2.30. The van der Waals surface area contributed by atoms with Crippen molar-refractivity contribution in [1.82, 2.24) is 14.7 Å². The van der Waals surface area contributed by atoms with E-state index in [1.165, 1.54) is 5.56 Å². The minimum absolute atomic E-state index is 0. The first kappa shape index (κ1) is 15.0. The van der Waals surface area contributed by atoms with Gasteiger partial charge in [0.25, 0.3) is 0 Å². The van der Waals surface area contributed by atoms with Crippen LogP contribution in [0.15, 0.2) is 42.7 Å². The first-order chi connectivity index (χ1) is 9.31. The quantitative estimate of drug-likeness (QED) is 0.943. The van der Waals surface area contributed by atoms with Gasteiger partial charge in [-0.15, -0.1) is 12.4 Å². The molecule has 20 heavy (non-hydrogen) atoms. The van der Waals surface area contributed by atoms with E-state index in [-0.39, 0.29) is 12.4 Å². The van der Waals surface area contributed by atoms with Gasteiger partial charge in [-0.25, -0.2) is 4.68 Å². The third-order valence-electron chi connectivity index (χ3n) is 3.74. The molecule has 1 aromatic heterocycles. The molecule has 3 rings (SSSR count). The van der Waals surface area contributed by atoms with Gasteiger partial charge in [-0.2, -0.15) is 5.10 Å². The summed E-state index contributed by atoms with van der Waals surface area (Å²) in [5, 5.41) is 4.23. The summed E-state index contributed by atoms with van der Waals surface area (Å²) >= 11 is 0. The molecule has 4 nitrogen and oxygen atoms in total. The first-order valence-corrected chi connectivity index (χ1v) is 6.88. The summed E-state index contributed by atoms with van der Waals surface area (Å²) in [6.07, 6.45) is 5.99. The van der Waals surface area contributed by atoms with Gasteiger partial charge in [0, 0.05) is 25.0 Å². The Bertz CT molecular complexity index is 501. The number of hydrogen-bond donors (Lipinski definition) is 1. The lowest BCUT2D eigenvalue weighted by Crippen LogP contribution is -2.39. The monoisotopic (exact) mass is 292 g/mol. The smallest absolute Gasteiger partial charge is 0.0645 e. The molecule has 1 saturated heterocycles. The highest BCUT2D eigenvalue weighted by molar-refractivity contribution is 5.85. The van der Waals surface area contributed by atoms with E-state index >= 15 is 0 Å². The molecule has 1 fully saturated rings. The van der Waals surface area contributed by atoms with E-state index in [2.05, 4.69) is 34.3 Å². The van der Waals surface area contributed by atoms with Crippen molar-refractivity contribution < 1.29 is 0 Å². The highest BCUT2D eigenvalue weighted by atomic mass is 35.5. The average molecular weight is 293 g/mol. The molecule has 0 unspecified atom stereocenters. The van der Waals surface area contributed by atoms with Gasteiger partial charge in [-0.1, -0.05) is 12.1 Å². The average Bonchev–Trinajstić information content (AvgIpc) is 2.96. The Morgan fingerprint density at radius 3 is 2.45 bits per heavy atom. The van der Waals surface area contributed by atoms with Crippen LogP contribution >= 0.6 is 12.4 Å². The second kappa shape index (κ2) is 6.88. The lowest BCUT2D eigenvalue weighted by molar-refractivity contribution is 0.205. The second-order valence-electron chi connectivity index (χ2n) is 5.23. The van der Waals surface area contributed by atoms with Crippen LogP contribution in [0.4, 0.5) is 0 Å². The predicted molar refractivity (Wildman–Crippen MR) is 83.3 cm³/mol. The van der Waals surface area contributed by atoms with Gasteiger partial charge in [0.15, 0.2) is 0 Å². The predicted octanol–water partition coefficient (Wildman–Crippen LogP) is 2.22. The third kappa shape index (κ3) is 3.60. The second-order valence-corrected chi connectivity index (χ2v) is 5.23. The van der Waals surface area contributed by atoms with Crippen molar-refractivity contribution >= 4 is 12.4 Å². The Morgan fingerprint density at radius 1 is 1.15 bits per heavy atom. The van der Waals surface area contributed by atoms with Gasteiger partial charge in [0.1, 0.15) is 0 Å². The Hall–Kier alpha value is -1.36. The van der Waals surface area contributed by atoms with Gasteiger partial charge in [0.2, 0.25) is 0 Å². The van der Waals surface area contributed by atoms with E-state index in [1.807, 2.05) is 16.9 Å². The maximum atomic E-state index is 5.93. The highest BCUT2D eigenvalue weighted by Crippen LogP contribution is 2.14. The van der Waals surface area contributed by atoms with Crippen LogP contribution in [-0.2, 0) is 6.54 Å². The SMILES string of the molecule is Cl.NC1CCN(Cc2ccc(-n3cccn3)cc2)CC1. The van der Waals surface area contributed by atoms with Crippen LogP contribution < -0.4 is 5.73 Å². The minimum Gasteiger partial charge on any atom is -0.328 e. The fourth-order valence-corrected chi connectivity index (χ4v) is 2.54. The molecule has 2 aromatic rings. The number of rotatable bonds is 3. The molecule has 0 aliphatic carbocycles. The highest BCUT2D eigenvalue weighted by Gasteiger charge is 2.15. The molecule has 0 amide bonds. The lowest BCUT2D eigenvalue weighted by atomic mass is 10.1. The number of piperidine rings is 1. The molecule has 0 saturated carbocycles. The van der Waals surface area contributed by atoms with Crippen LogP contribution in [0.3, 0.4) is 0 Å². The molecule has 0 radical (unpaired) electrons. The van der Waals surface area contributed by atoms with Crippen molar-refractivity contribution in [3.8, 4) is 5.69 Å². The summed E-state index contributed by atoms with van der Waals surface area (Å²) in [7, 11) is 0. The maximum Gasteiger partial charge on any atom is 0.0645 e. The molecule has 1 aromatic carbocycles. The van der Waals surface area contributed by atoms with Crippen molar-refractivity contribution in [2.45, 2.75) is 25.4 Å². The summed E-state index contributed by atoms with van der Waals surface area (Å²) in [6, 6.07) is 11.0. The Kier molecular flexibility index (Phi) is 5.17. The van der Waals surface area contributed by atoms with E-state index in [4.69, 9.17) is 5.73 Å². The molecular formula is C15H21ClN4. The summed E-state index contributed by atoms with van der Waals surface area (Å²) in [5.74, 6) is 0. The zero-order chi connectivity index (χ0) is 13.1. The Balaban J connectivity index is 0.00000147. The van der Waals surface area contributed by atoms with Crippen molar-refractivity contribution in [3.05, 3.63) is 48.3 Å². The molecule has 5 heteroatoms.